The molecule has 114 valence electrons. The zero-order chi connectivity index (χ0) is 14.2. The summed E-state index contributed by atoms with van der Waals surface area (Å²) in [5.41, 5.74) is 5.41. The number of benzene rings is 2. The Bertz CT molecular complexity index is 763. The Morgan fingerprint density at radius 3 is 2.50 bits per heavy atom. The lowest BCUT2D eigenvalue weighted by atomic mass is 9.97. The number of aromatic amines is 1. The Kier molecular flexibility index (Phi) is 4.23. The maximum absolute atomic E-state index is 3.73. The first-order valence-electron chi connectivity index (χ1n) is 7.71. The van der Waals surface area contributed by atoms with Crippen molar-refractivity contribution in [1.82, 2.24) is 10.3 Å². The lowest BCUT2D eigenvalue weighted by Crippen LogP contribution is -2.25. The highest BCUT2D eigenvalue weighted by Gasteiger charge is 2.25. The molecule has 1 aliphatic rings. The molecule has 0 saturated carbocycles. The Morgan fingerprint density at radius 2 is 1.68 bits per heavy atom. The van der Waals surface area contributed by atoms with Gasteiger partial charge in [0.2, 0.25) is 0 Å². The molecule has 0 bridgehead atoms. The summed E-state index contributed by atoms with van der Waals surface area (Å²) in [7, 11) is 0. The fourth-order valence-electron chi connectivity index (χ4n) is 3.46. The average molecular weight is 313 g/mol. The van der Waals surface area contributed by atoms with Crippen LogP contribution in [0.3, 0.4) is 0 Å². The zero-order valence-corrected chi connectivity index (χ0v) is 13.5. The molecule has 0 spiro atoms. The van der Waals surface area contributed by atoms with Gasteiger partial charge in [0.1, 0.15) is 0 Å². The number of para-hydroxylation sites is 1. The molecule has 2 N–H and O–H groups in total. The van der Waals surface area contributed by atoms with Crippen molar-refractivity contribution in [3.05, 3.63) is 71.4 Å². The molecule has 2 aromatic carbocycles. The van der Waals surface area contributed by atoms with Crippen molar-refractivity contribution in [3.63, 3.8) is 0 Å². The number of halogens is 1. The SMILES string of the molecule is CC1CNC(c2ccccc2)c2[nH]c3ccccc3c2C1.Cl. The van der Waals surface area contributed by atoms with E-state index in [-0.39, 0.29) is 18.4 Å². The van der Waals surface area contributed by atoms with Crippen molar-refractivity contribution in [1.29, 1.82) is 0 Å². The first-order chi connectivity index (χ1) is 10.3. The van der Waals surface area contributed by atoms with Crippen LogP contribution >= 0.6 is 12.4 Å². The van der Waals surface area contributed by atoms with Gasteiger partial charge in [-0.15, -0.1) is 12.4 Å². The smallest absolute Gasteiger partial charge is 0.0732 e. The third-order valence-electron chi connectivity index (χ3n) is 4.49. The van der Waals surface area contributed by atoms with Gasteiger partial charge < -0.3 is 10.3 Å². The number of hydrogen-bond acceptors (Lipinski definition) is 1. The van der Waals surface area contributed by atoms with Crippen molar-refractivity contribution < 1.29 is 0 Å². The zero-order valence-electron chi connectivity index (χ0n) is 12.7. The van der Waals surface area contributed by atoms with Crippen LogP contribution in [-0.2, 0) is 6.42 Å². The molecule has 2 heterocycles. The van der Waals surface area contributed by atoms with Crippen molar-refractivity contribution in [2.75, 3.05) is 6.54 Å². The minimum atomic E-state index is 0. The maximum Gasteiger partial charge on any atom is 0.0732 e. The molecule has 0 fully saturated rings. The number of fused-ring (bicyclic) bond motifs is 3. The normalized spacial score (nSPS) is 21.0. The summed E-state index contributed by atoms with van der Waals surface area (Å²) in [6.45, 7) is 3.38. The van der Waals surface area contributed by atoms with Crippen LogP contribution in [0.25, 0.3) is 10.9 Å². The molecular formula is C19H21ClN2. The molecule has 0 aliphatic carbocycles. The Morgan fingerprint density at radius 1 is 0.955 bits per heavy atom. The van der Waals surface area contributed by atoms with Crippen molar-refractivity contribution in [2.24, 2.45) is 5.92 Å². The van der Waals surface area contributed by atoms with E-state index in [1.54, 1.807) is 0 Å². The minimum absolute atomic E-state index is 0. The van der Waals surface area contributed by atoms with Crippen LogP contribution < -0.4 is 5.32 Å². The van der Waals surface area contributed by atoms with Crippen molar-refractivity contribution in [3.8, 4) is 0 Å². The molecular weight excluding hydrogens is 292 g/mol. The molecule has 0 saturated heterocycles. The van der Waals surface area contributed by atoms with Gasteiger partial charge in [0.15, 0.2) is 0 Å². The standard InChI is InChI=1S/C19H20N2.ClH/c1-13-11-16-15-9-5-6-10-17(15)21-19(16)18(20-12-13)14-7-3-2-4-8-14;/h2-10,13,18,20-21H,11-12H2,1H3;1H. The number of rotatable bonds is 1. The quantitative estimate of drug-likeness (QED) is 0.682. The number of nitrogens with one attached hydrogen (secondary N) is 2. The van der Waals surface area contributed by atoms with Gasteiger partial charge in [0.05, 0.1) is 6.04 Å². The second-order valence-electron chi connectivity index (χ2n) is 6.12. The number of hydrogen-bond donors (Lipinski definition) is 2. The largest absolute Gasteiger partial charge is 0.357 e. The van der Waals surface area contributed by atoms with E-state index < -0.39 is 0 Å². The van der Waals surface area contributed by atoms with E-state index in [9.17, 15) is 0 Å². The van der Waals surface area contributed by atoms with Crippen molar-refractivity contribution in [2.45, 2.75) is 19.4 Å². The minimum Gasteiger partial charge on any atom is -0.357 e. The molecule has 22 heavy (non-hydrogen) atoms. The first kappa shape index (κ1) is 15.1. The lowest BCUT2D eigenvalue weighted by Gasteiger charge is -2.17. The van der Waals surface area contributed by atoms with Crippen LogP contribution in [0.5, 0.6) is 0 Å². The predicted octanol–water partition coefficient (Wildman–Crippen LogP) is 4.46. The summed E-state index contributed by atoms with van der Waals surface area (Å²) in [6, 6.07) is 19.7. The highest BCUT2D eigenvalue weighted by Crippen LogP contribution is 2.34. The summed E-state index contributed by atoms with van der Waals surface area (Å²) < 4.78 is 0. The molecule has 2 nitrogen and oxygen atoms in total. The third kappa shape index (κ3) is 2.53. The van der Waals surface area contributed by atoms with Crippen molar-refractivity contribution >= 4 is 23.3 Å². The molecule has 3 heteroatoms. The number of H-pyrrole nitrogens is 1. The van der Waals surface area contributed by atoms with Gasteiger partial charge in [-0.2, -0.15) is 0 Å². The van der Waals surface area contributed by atoms with Crippen LogP contribution in [0.4, 0.5) is 0 Å². The van der Waals surface area contributed by atoms with Gasteiger partial charge in [-0.1, -0.05) is 55.5 Å². The van der Waals surface area contributed by atoms with E-state index in [2.05, 4.69) is 71.8 Å². The van der Waals surface area contributed by atoms with Crippen LogP contribution in [0.2, 0.25) is 0 Å². The summed E-state index contributed by atoms with van der Waals surface area (Å²) in [4.78, 5) is 3.66. The molecule has 0 radical (unpaired) electrons. The summed E-state index contributed by atoms with van der Waals surface area (Å²) in [6.07, 6.45) is 1.13. The molecule has 2 atom stereocenters. The highest BCUT2D eigenvalue weighted by atomic mass is 35.5. The van der Waals surface area contributed by atoms with Gasteiger partial charge in [-0.05, 0) is 36.1 Å². The molecule has 1 aliphatic heterocycles. The van der Waals surface area contributed by atoms with Crippen LogP contribution in [0, 0.1) is 5.92 Å². The molecule has 2 unspecified atom stereocenters. The Hall–Kier alpha value is -1.77. The third-order valence-corrected chi connectivity index (χ3v) is 4.49. The maximum atomic E-state index is 3.73. The van der Waals surface area contributed by atoms with Gasteiger partial charge in [-0.3, -0.25) is 0 Å². The Labute approximate surface area is 137 Å². The highest BCUT2D eigenvalue weighted by molar-refractivity contribution is 5.85. The van der Waals surface area contributed by atoms with E-state index >= 15 is 0 Å². The fraction of sp³-hybridized carbons (Fsp3) is 0.263. The summed E-state index contributed by atoms with van der Waals surface area (Å²) in [5, 5.41) is 5.11. The van der Waals surface area contributed by atoms with Gasteiger partial charge in [0.25, 0.3) is 0 Å². The van der Waals surface area contributed by atoms with E-state index in [0.717, 1.165) is 13.0 Å². The van der Waals surface area contributed by atoms with E-state index in [1.807, 2.05) is 0 Å². The molecule has 4 rings (SSSR count). The second-order valence-corrected chi connectivity index (χ2v) is 6.12. The fourth-order valence-corrected chi connectivity index (χ4v) is 3.46. The Balaban J connectivity index is 0.00000144. The second kappa shape index (κ2) is 6.15. The molecule has 3 aromatic rings. The summed E-state index contributed by atoms with van der Waals surface area (Å²) >= 11 is 0. The van der Waals surface area contributed by atoms with E-state index in [0.29, 0.717) is 5.92 Å². The average Bonchev–Trinajstić information content (AvgIpc) is 2.79. The topological polar surface area (TPSA) is 27.8 Å². The first-order valence-corrected chi connectivity index (χ1v) is 7.71. The van der Waals surface area contributed by atoms with Gasteiger partial charge in [-0.25, -0.2) is 0 Å². The monoisotopic (exact) mass is 312 g/mol. The molecule has 1 aromatic heterocycles. The summed E-state index contributed by atoms with van der Waals surface area (Å²) in [5.74, 6) is 0.650. The predicted molar refractivity (Wildman–Crippen MR) is 94.7 cm³/mol. The van der Waals surface area contributed by atoms with Gasteiger partial charge >= 0.3 is 0 Å². The van der Waals surface area contributed by atoms with Crippen LogP contribution in [0.15, 0.2) is 54.6 Å². The lowest BCUT2D eigenvalue weighted by molar-refractivity contribution is 0.505. The van der Waals surface area contributed by atoms with Crippen LogP contribution in [0.1, 0.15) is 29.8 Å². The van der Waals surface area contributed by atoms with Crippen LogP contribution in [-0.4, -0.2) is 11.5 Å². The van der Waals surface area contributed by atoms with E-state index in [1.165, 1.54) is 27.7 Å². The molecule has 0 amide bonds. The van der Waals surface area contributed by atoms with E-state index in [4.69, 9.17) is 0 Å². The number of aromatic nitrogens is 1. The van der Waals surface area contributed by atoms with Gasteiger partial charge in [0, 0.05) is 16.6 Å².